The summed E-state index contributed by atoms with van der Waals surface area (Å²) in [7, 11) is 0. The molecule has 0 atom stereocenters. The van der Waals surface area contributed by atoms with E-state index in [1.165, 1.54) is 0 Å². The third kappa shape index (κ3) is 27.8. The molecular formula is C20H44O5. The van der Waals surface area contributed by atoms with Crippen molar-refractivity contribution in [3.05, 3.63) is 12.7 Å². The van der Waals surface area contributed by atoms with E-state index in [1.807, 2.05) is 0 Å². The van der Waals surface area contributed by atoms with Crippen LogP contribution >= 0.6 is 0 Å². The highest BCUT2D eigenvalue weighted by atomic mass is 16.5. The maximum absolute atomic E-state index is 10.9. The van der Waals surface area contributed by atoms with Crippen LogP contribution in [0.5, 0.6) is 0 Å². The van der Waals surface area contributed by atoms with Crippen molar-refractivity contribution < 1.29 is 23.8 Å². The zero-order valence-corrected chi connectivity index (χ0v) is 13.1. The third-order valence-electron chi connectivity index (χ3n) is 2.83. The largest absolute Gasteiger partial charge is 0.466 e. The van der Waals surface area contributed by atoms with Gasteiger partial charge in [-0.1, -0.05) is 62.5 Å². The molecule has 0 saturated carbocycles. The Hall–Kier alpha value is -1.36. The highest BCUT2D eigenvalue weighted by Gasteiger charge is 1.98. The van der Waals surface area contributed by atoms with Gasteiger partial charge in [0.25, 0.3) is 0 Å². The van der Waals surface area contributed by atoms with Crippen molar-refractivity contribution in [2.75, 3.05) is 26.4 Å². The summed E-state index contributed by atoms with van der Waals surface area (Å²) in [6.07, 6.45) is 7.60. The highest BCUT2D eigenvalue weighted by Crippen LogP contribution is 2.04. The van der Waals surface area contributed by atoms with Crippen LogP contribution in [0.2, 0.25) is 0 Å². The zero-order valence-electron chi connectivity index (χ0n) is 13.1. The number of hydrogen-bond donors (Lipinski definition) is 0. The Morgan fingerprint density at radius 2 is 1.24 bits per heavy atom. The Bertz CT molecular complexity index is 290. The van der Waals surface area contributed by atoms with Crippen LogP contribution in [-0.2, 0) is 23.8 Å². The fourth-order valence-corrected chi connectivity index (χ4v) is 1.62. The monoisotopic (exact) mass is 364 g/mol. The first-order chi connectivity index (χ1) is 10.2. The van der Waals surface area contributed by atoms with Crippen molar-refractivity contribution in [3.8, 4) is 0 Å². The minimum absolute atomic E-state index is 0. The van der Waals surface area contributed by atoms with Crippen LogP contribution in [0.25, 0.3) is 0 Å². The molecule has 0 saturated heterocycles. The van der Waals surface area contributed by atoms with Crippen molar-refractivity contribution in [2.45, 2.75) is 81.6 Å². The predicted molar refractivity (Wildman–Crippen MR) is 108 cm³/mol. The van der Waals surface area contributed by atoms with Crippen molar-refractivity contribution in [2.24, 2.45) is 0 Å². The van der Waals surface area contributed by atoms with Crippen molar-refractivity contribution in [3.63, 3.8) is 0 Å². The molecule has 0 rings (SSSR count). The molecule has 0 aliphatic rings. The Balaban J connectivity index is -0.000000333. The van der Waals surface area contributed by atoms with E-state index in [9.17, 15) is 9.59 Å². The summed E-state index contributed by atoms with van der Waals surface area (Å²) in [4.78, 5) is 21.6. The fourth-order valence-electron chi connectivity index (χ4n) is 1.62. The lowest BCUT2D eigenvalue weighted by Gasteiger charge is -2.05. The van der Waals surface area contributed by atoms with Crippen molar-refractivity contribution >= 4 is 11.9 Å². The Labute approximate surface area is 157 Å². The van der Waals surface area contributed by atoms with E-state index in [2.05, 4.69) is 6.58 Å². The second kappa shape index (κ2) is 27.5. The second-order valence-electron chi connectivity index (χ2n) is 4.68. The topological polar surface area (TPSA) is 61.8 Å². The molecule has 0 aromatic heterocycles. The Morgan fingerprint density at radius 3 is 1.80 bits per heavy atom. The van der Waals surface area contributed by atoms with Gasteiger partial charge in [0.1, 0.15) is 0 Å². The average Bonchev–Trinajstić information content (AvgIpc) is 2.51. The molecule has 0 aromatic carbocycles. The van der Waals surface area contributed by atoms with Gasteiger partial charge in [-0.05, 0) is 12.8 Å². The third-order valence-corrected chi connectivity index (χ3v) is 2.83. The number of rotatable bonds is 14. The van der Waals surface area contributed by atoms with Gasteiger partial charge in [0.2, 0.25) is 0 Å². The maximum atomic E-state index is 10.9. The van der Waals surface area contributed by atoms with E-state index >= 15 is 0 Å². The lowest BCUT2D eigenvalue weighted by atomic mass is 10.1. The van der Waals surface area contributed by atoms with E-state index < -0.39 is 0 Å². The number of esters is 2. The van der Waals surface area contributed by atoms with Crippen LogP contribution in [0.4, 0.5) is 0 Å². The molecule has 0 unspecified atom stereocenters. The van der Waals surface area contributed by atoms with Gasteiger partial charge >= 0.3 is 11.9 Å². The molecular weight excluding hydrogens is 320 g/mol. The molecule has 0 bridgehead atoms. The summed E-state index contributed by atoms with van der Waals surface area (Å²) in [5.41, 5.74) is 0. The summed E-state index contributed by atoms with van der Waals surface area (Å²) in [5, 5.41) is 0. The summed E-state index contributed by atoms with van der Waals surface area (Å²) < 4.78 is 15.3. The molecule has 0 N–H and O–H groups in total. The van der Waals surface area contributed by atoms with Gasteiger partial charge in [-0.15, -0.1) is 0 Å². The molecule has 0 radical (unpaired) electrons. The fraction of sp³-hybridized carbons (Fsp3) is 0.800. The van der Waals surface area contributed by atoms with Gasteiger partial charge < -0.3 is 14.2 Å². The highest BCUT2D eigenvalue weighted by molar-refractivity contribution is 5.81. The van der Waals surface area contributed by atoms with E-state index in [-0.39, 0.29) is 41.6 Å². The molecule has 0 heterocycles. The lowest BCUT2D eigenvalue weighted by molar-refractivity contribution is -0.143. The van der Waals surface area contributed by atoms with E-state index in [0.29, 0.717) is 32.7 Å². The van der Waals surface area contributed by atoms with Crippen molar-refractivity contribution in [1.29, 1.82) is 0 Å². The summed E-state index contributed by atoms with van der Waals surface area (Å²) >= 11 is 0. The van der Waals surface area contributed by atoms with E-state index in [1.54, 1.807) is 6.92 Å². The SMILES string of the molecule is C.C.C.C.C=CC(=O)OCCCOCCCCCCCOC(=O)CC. The molecule has 154 valence electrons. The lowest BCUT2D eigenvalue weighted by Crippen LogP contribution is -2.05. The van der Waals surface area contributed by atoms with Crippen LogP contribution in [0.1, 0.15) is 81.6 Å². The first-order valence-corrected chi connectivity index (χ1v) is 7.73. The van der Waals surface area contributed by atoms with Gasteiger partial charge in [0.15, 0.2) is 0 Å². The summed E-state index contributed by atoms with van der Waals surface area (Å²) in [6, 6.07) is 0. The maximum Gasteiger partial charge on any atom is 0.330 e. The van der Waals surface area contributed by atoms with E-state index in [0.717, 1.165) is 44.8 Å². The average molecular weight is 365 g/mol. The van der Waals surface area contributed by atoms with Crippen LogP contribution in [0.3, 0.4) is 0 Å². The molecule has 25 heavy (non-hydrogen) atoms. The number of unbranched alkanes of at least 4 members (excludes halogenated alkanes) is 4. The normalized spacial score (nSPS) is 8.52. The minimum Gasteiger partial charge on any atom is -0.466 e. The molecule has 0 aliphatic heterocycles. The number of hydrogen-bond acceptors (Lipinski definition) is 5. The first-order valence-electron chi connectivity index (χ1n) is 7.73. The molecule has 0 aromatic rings. The van der Waals surface area contributed by atoms with Crippen molar-refractivity contribution in [1.82, 2.24) is 0 Å². The van der Waals surface area contributed by atoms with Gasteiger partial charge in [-0.3, -0.25) is 4.79 Å². The smallest absolute Gasteiger partial charge is 0.330 e. The number of carbonyl (C=O) groups excluding carboxylic acids is 2. The summed E-state index contributed by atoms with van der Waals surface area (Å²) in [6.45, 7) is 7.37. The van der Waals surface area contributed by atoms with Gasteiger partial charge in [-0.2, -0.15) is 0 Å². The quantitative estimate of drug-likeness (QED) is 0.229. The Kier molecular flexibility index (Phi) is 38.3. The van der Waals surface area contributed by atoms with Gasteiger partial charge in [0.05, 0.1) is 13.2 Å². The van der Waals surface area contributed by atoms with Crippen LogP contribution in [0.15, 0.2) is 12.7 Å². The molecule has 0 aliphatic carbocycles. The second-order valence-corrected chi connectivity index (χ2v) is 4.68. The summed E-state index contributed by atoms with van der Waals surface area (Å²) in [5.74, 6) is -0.512. The minimum atomic E-state index is -0.389. The first kappa shape index (κ1) is 34.9. The number of ether oxygens (including phenoxy) is 3. The zero-order chi connectivity index (χ0) is 15.8. The van der Waals surface area contributed by atoms with Gasteiger partial charge in [0, 0.05) is 32.1 Å². The van der Waals surface area contributed by atoms with Crippen LogP contribution < -0.4 is 0 Å². The molecule has 5 nitrogen and oxygen atoms in total. The predicted octanol–water partition coefficient (Wildman–Crippen LogP) is 5.57. The molecule has 0 amide bonds. The molecule has 0 spiro atoms. The van der Waals surface area contributed by atoms with Gasteiger partial charge in [-0.25, -0.2) is 4.79 Å². The molecule has 5 heteroatoms. The Morgan fingerprint density at radius 1 is 0.760 bits per heavy atom. The molecule has 0 fully saturated rings. The standard InChI is InChI=1S/C16H28O5.4CH4/c1-3-15(17)20-13-9-7-5-6-8-11-19-12-10-14-21-16(18)4-2;;;;/h4H,2-3,5-14H2,1H3;4*1H4. The number of carbonyl (C=O) groups is 2. The van der Waals surface area contributed by atoms with Crippen LogP contribution in [0, 0.1) is 0 Å². The van der Waals surface area contributed by atoms with E-state index in [4.69, 9.17) is 14.2 Å². The van der Waals surface area contributed by atoms with Crippen LogP contribution in [-0.4, -0.2) is 38.4 Å².